The lowest BCUT2D eigenvalue weighted by atomic mass is 10.1. The van der Waals surface area contributed by atoms with Crippen LogP contribution < -0.4 is 5.32 Å². The number of rotatable bonds is 5. The molecule has 0 spiro atoms. The highest BCUT2D eigenvalue weighted by molar-refractivity contribution is 5.78. The number of fused-ring (bicyclic) bond motifs is 1. The number of aromatic nitrogens is 5. The zero-order chi connectivity index (χ0) is 20.7. The smallest absolute Gasteiger partial charge is 0.156 e. The van der Waals surface area contributed by atoms with Crippen LogP contribution in [0, 0.1) is 11.7 Å². The molecule has 7 heteroatoms. The van der Waals surface area contributed by atoms with Crippen LogP contribution >= 0.6 is 0 Å². The van der Waals surface area contributed by atoms with Gasteiger partial charge in [-0.3, -0.25) is 4.68 Å². The molecular weight excluding hydrogens is 379 g/mol. The summed E-state index contributed by atoms with van der Waals surface area (Å²) in [6.07, 6.45) is 8.72. The predicted molar refractivity (Wildman–Crippen MR) is 115 cm³/mol. The lowest BCUT2D eigenvalue weighted by Crippen LogP contribution is -2.07. The fourth-order valence-corrected chi connectivity index (χ4v) is 4.12. The van der Waals surface area contributed by atoms with E-state index in [0.717, 1.165) is 39.7 Å². The lowest BCUT2D eigenvalue weighted by Gasteiger charge is -2.13. The average molecular weight is 402 g/mol. The third-order valence-electron chi connectivity index (χ3n) is 5.68. The van der Waals surface area contributed by atoms with Crippen molar-refractivity contribution < 1.29 is 4.39 Å². The van der Waals surface area contributed by atoms with Gasteiger partial charge in [-0.25, -0.2) is 13.9 Å². The van der Waals surface area contributed by atoms with Gasteiger partial charge >= 0.3 is 0 Å². The maximum Gasteiger partial charge on any atom is 0.156 e. The quantitative estimate of drug-likeness (QED) is 0.507. The first-order valence-electron chi connectivity index (χ1n) is 10.2. The molecule has 1 aliphatic carbocycles. The van der Waals surface area contributed by atoms with Crippen LogP contribution in [0.2, 0.25) is 0 Å². The number of nitrogens with one attached hydrogen (secondary N) is 1. The van der Waals surface area contributed by atoms with Gasteiger partial charge < -0.3 is 5.32 Å². The molecule has 0 amide bonds. The van der Waals surface area contributed by atoms with Crippen molar-refractivity contribution in [3.05, 3.63) is 66.9 Å². The monoisotopic (exact) mass is 402 g/mol. The Hall–Kier alpha value is -3.48. The van der Waals surface area contributed by atoms with E-state index >= 15 is 0 Å². The Kier molecular flexibility index (Phi) is 4.58. The van der Waals surface area contributed by atoms with Gasteiger partial charge in [-0.05, 0) is 55.2 Å². The Morgan fingerprint density at radius 1 is 1.07 bits per heavy atom. The minimum atomic E-state index is -0.270. The number of nitrogens with zero attached hydrogens (tertiary/aromatic N) is 5. The highest BCUT2D eigenvalue weighted by Crippen LogP contribution is 2.32. The van der Waals surface area contributed by atoms with Crippen LogP contribution in [-0.4, -0.2) is 24.4 Å². The summed E-state index contributed by atoms with van der Waals surface area (Å²) < 4.78 is 16.8. The van der Waals surface area contributed by atoms with E-state index in [-0.39, 0.29) is 5.82 Å². The molecule has 0 aliphatic heterocycles. The Morgan fingerprint density at radius 2 is 1.83 bits per heavy atom. The number of halogens is 1. The van der Waals surface area contributed by atoms with Crippen LogP contribution in [0.1, 0.15) is 25.7 Å². The van der Waals surface area contributed by atoms with Crippen molar-refractivity contribution in [2.75, 3.05) is 5.32 Å². The fourth-order valence-electron chi connectivity index (χ4n) is 4.12. The second-order valence-electron chi connectivity index (χ2n) is 7.85. The number of hydrogen-bond donors (Lipinski definition) is 1. The van der Waals surface area contributed by atoms with E-state index in [1.54, 1.807) is 21.3 Å². The van der Waals surface area contributed by atoms with Crippen LogP contribution in [0.4, 0.5) is 10.2 Å². The highest BCUT2D eigenvalue weighted by atomic mass is 19.1. The molecule has 0 unspecified atom stereocenters. The number of anilines is 1. The molecule has 5 rings (SSSR count). The first-order chi connectivity index (χ1) is 14.6. The zero-order valence-electron chi connectivity index (χ0n) is 16.8. The molecule has 1 saturated carbocycles. The Morgan fingerprint density at radius 3 is 2.60 bits per heavy atom. The first-order valence-corrected chi connectivity index (χ1v) is 10.2. The second kappa shape index (κ2) is 7.40. The maximum absolute atomic E-state index is 13.3. The number of imidazole rings is 1. The lowest BCUT2D eigenvalue weighted by molar-refractivity contribution is 0.628. The van der Waals surface area contributed by atoms with Gasteiger partial charge in [0.1, 0.15) is 11.5 Å². The average Bonchev–Trinajstić information content (AvgIpc) is 3.47. The van der Waals surface area contributed by atoms with E-state index in [9.17, 15) is 4.39 Å². The summed E-state index contributed by atoms with van der Waals surface area (Å²) in [7, 11) is 1.86. The van der Waals surface area contributed by atoms with Crippen LogP contribution in [0.5, 0.6) is 0 Å². The van der Waals surface area contributed by atoms with Gasteiger partial charge in [-0.15, -0.1) is 0 Å². The number of hydrogen-bond acceptors (Lipinski definition) is 4. The minimum Gasteiger partial charge on any atom is -0.343 e. The highest BCUT2D eigenvalue weighted by Gasteiger charge is 2.19. The van der Waals surface area contributed by atoms with Gasteiger partial charge in [-0.2, -0.15) is 10.2 Å². The second-order valence-corrected chi connectivity index (χ2v) is 7.85. The van der Waals surface area contributed by atoms with Crippen LogP contribution in [-0.2, 0) is 7.05 Å². The summed E-state index contributed by atoms with van der Waals surface area (Å²) in [4.78, 5) is 4.62. The summed E-state index contributed by atoms with van der Waals surface area (Å²) in [6.45, 7) is 4.20. The molecule has 1 fully saturated rings. The summed E-state index contributed by atoms with van der Waals surface area (Å²) in [5.74, 6) is 1.00. The maximum atomic E-state index is 13.3. The molecular formula is C23H23FN6. The van der Waals surface area contributed by atoms with Gasteiger partial charge in [-0.1, -0.05) is 19.4 Å². The van der Waals surface area contributed by atoms with E-state index in [1.165, 1.54) is 37.8 Å². The van der Waals surface area contributed by atoms with E-state index in [2.05, 4.69) is 22.0 Å². The standard InChI is InChI=1S/C23H23FN6/c1-15(16-5-3-4-6-16)25-21-14-30-22(26-21)12-11-20(27-30)19-13-29(2)28-23(19)17-7-9-18(24)10-8-17/h7-14,16,25H,1,3-6H2,2H3. The van der Waals surface area contributed by atoms with Crippen molar-refractivity contribution in [1.82, 2.24) is 24.4 Å². The zero-order valence-corrected chi connectivity index (χ0v) is 16.8. The van der Waals surface area contributed by atoms with Gasteiger partial charge in [0.05, 0.1) is 11.9 Å². The van der Waals surface area contributed by atoms with Crippen molar-refractivity contribution in [1.29, 1.82) is 0 Å². The van der Waals surface area contributed by atoms with Crippen molar-refractivity contribution in [2.24, 2.45) is 13.0 Å². The van der Waals surface area contributed by atoms with E-state index < -0.39 is 0 Å². The third kappa shape index (κ3) is 3.47. The summed E-state index contributed by atoms with van der Waals surface area (Å²) in [5, 5.41) is 12.7. The predicted octanol–water partition coefficient (Wildman–Crippen LogP) is 5.05. The van der Waals surface area contributed by atoms with Crippen molar-refractivity contribution in [3.8, 4) is 22.5 Å². The van der Waals surface area contributed by atoms with Crippen LogP contribution in [0.15, 0.2) is 61.1 Å². The molecule has 152 valence electrons. The summed E-state index contributed by atoms with van der Waals surface area (Å²) in [5.41, 5.74) is 5.04. The molecule has 6 nitrogen and oxygen atoms in total. The van der Waals surface area contributed by atoms with E-state index in [4.69, 9.17) is 5.10 Å². The molecule has 0 bridgehead atoms. The van der Waals surface area contributed by atoms with E-state index in [1.807, 2.05) is 31.6 Å². The van der Waals surface area contributed by atoms with Gasteiger partial charge in [0.25, 0.3) is 0 Å². The van der Waals surface area contributed by atoms with Crippen molar-refractivity contribution in [3.63, 3.8) is 0 Å². The third-order valence-corrected chi connectivity index (χ3v) is 5.68. The summed E-state index contributed by atoms with van der Waals surface area (Å²) >= 11 is 0. The Balaban J connectivity index is 1.47. The van der Waals surface area contributed by atoms with Crippen molar-refractivity contribution in [2.45, 2.75) is 25.7 Å². The number of aryl methyl sites for hydroxylation is 1. The molecule has 4 aromatic rings. The van der Waals surface area contributed by atoms with Gasteiger partial charge in [0.2, 0.25) is 0 Å². The minimum absolute atomic E-state index is 0.270. The molecule has 3 heterocycles. The molecule has 0 atom stereocenters. The summed E-state index contributed by atoms with van der Waals surface area (Å²) in [6, 6.07) is 10.2. The van der Waals surface area contributed by atoms with Gasteiger partial charge in [0.15, 0.2) is 11.5 Å². The van der Waals surface area contributed by atoms with Crippen LogP contribution in [0.3, 0.4) is 0 Å². The largest absolute Gasteiger partial charge is 0.343 e. The fraction of sp³-hybridized carbons (Fsp3) is 0.261. The molecule has 1 aliphatic rings. The van der Waals surface area contributed by atoms with Crippen LogP contribution in [0.25, 0.3) is 28.2 Å². The molecule has 0 radical (unpaired) electrons. The van der Waals surface area contributed by atoms with Gasteiger partial charge in [0, 0.05) is 30.1 Å². The number of allylic oxidation sites excluding steroid dienone is 1. The number of benzene rings is 1. The molecule has 1 N–H and O–H groups in total. The molecule has 1 aromatic carbocycles. The SMILES string of the molecule is C=C(Nc1cn2nc(-c3cn(C)nc3-c3ccc(F)cc3)ccc2n1)C1CCCC1. The Bertz CT molecular complexity index is 1210. The Labute approximate surface area is 174 Å². The first kappa shape index (κ1) is 18.5. The normalized spacial score (nSPS) is 14.5. The topological polar surface area (TPSA) is 60.0 Å². The molecule has 3 aromatic heterocycles. The molecule has 0 saturated heterocycles. The van der Waals surface area contributed by atoms with E-state index in [0.29, 0.717) is 5.92 Å². The van der Waals surface area contributed by atoms with Crippen molar-refractivity contribution >= 4 is 11.5 Å². The molecule has 30 heavy (non-hydrogen) atoms.